The van der Waals surface area contributed by atoms with Crippen molar-refractivity contribution in [3.63, 3.8) is 0 Å². The lowest BCUT2D eigenvalue weighted by Crippen LogP contribution is -2.22. The van der Waals surface area contributed by atoms with E-state index >= 15 is 0 Å². The first-order chi connectivity index (χ1) is 25.0. The van der Waals surface area contributed by atoms with E-state index in [0.29, 0.717) is 43.1 Å². The molecule has 0 aliphatic carbocycles. The van der Waals surface area contributed by atoms with E-state index in [1.165, 1.54) is 18.6 Å². The summed E-state index contributed by atoms with van der Waals surface area (Å²) >= 11 is 5.47. The maximum Gasteiger partial charge on any atom is 0.349 e. The number of esters is 3. The number of ether oxygens (including phenoxy) is 4. The van der Waals surface area contributed by atoms with Crippen LogP contribution in [0.4, 0.5) is 15.8 Å². The summed E-state index contributed by atoms with van der Waals surface area (Å²) in [5, 5.41) is 11.7. The van der Waals surface area contributed by atoms with Gasteiger partial charge in [-0.1, -0.05) is 95.0 Å². The fraction of sp³-hybridized carbons (Fsp3) is 0.410. The van der Waals surface area contributed by atoms with Gasteiger partial charge >= 0.3 is 23.6 Å². The van der Waals surface area contributed by atoms with E-state index in [1.807, 2.05) is 6.92 Å². The second kappa shape index (κ2) is 22.1. The van der Waals surface area contributed by atoms with Gasteiger partial charge in [0, 0.05) is 23.4 Å². The number of hydrogen-bond donors (Lipinski definition) is 1. The number of unbranched alkanes of at least 4 members (excludes halogenated alkanes) is 9. The first-order valence-corrected chi connectivity index (χ1v) is 17.9. The molecule has 3 aromatic rings. The zero-order valence-corrected chi connectivity index (χ0v) is 30.2. The first-order valence-electron chi connectivity index (χ1n) is 17.5. The van der Waals surface area contributed by atoms with Crippen LogP contribution in [0.1, 0.15) is 94.3 Å². The van der Waals surface area contributed by atoms with E-state index in [4.69, 9.17) is 36.3 Å². The predicted molar refractivity (Wildman–Crippen MR) is 197 cm³/mol. The Hall–Kier alpha value is -4.97. The van der Waals surface area contributed by atoms with Crippen LogP contribution in [-0.4, -0.2) is 42.2 Å². The highest BCUT2D eigenvalue weighted by atomic mass is 35.5. The Morgan fingerprint density at radius 3 is 2.00 bits per heavy atom. The Morgan fingerprint density at radius 2 is 1.42 bits per heavy atom. The standard InChI is InChI=1S/C39H46ClFN2O9/c1-3-4-14-33(41)39(46)52-36-26-34(42)32(25-35(36)43(47)48)28-15-17-29(18-16-28)38(45)51-31-21-19-30(20-22-31)49-23-12-10-8-6-5-7-9-11-13-24-50-37(44)27(2)40/h15-22,25-26,33H,2-14,23-24,42H2,1H3/t33-/m1/s1. The average Bonchev–Trinajstić information content (AvgIpc) is 3.12. The Labute approximate surface area is 308 Å². The largest absolute Gasteiger partial charge is 0.494 e. The van der Waals surface area contributed by atoms with Gasteiger partial charge in [-0.2, -0.15) is 0 Å². The van der Waals surface area contributed by atoms with Gasteiger partial charge in [0.15, 0.2) is 6.17 Å². The summed E-state index contributed by atoms with van der Waals surface area (Å²) in [5.74, 6) is -1.83. The first kappa shape index (κ1) is 41.5. The zero-order valence-electron chi connectivity index (χ0n) is 29.4. The molecule has 0 aliphatic rings. The minimum atomic E-state index is -1.91. The third kappa shape index (κ3) is 14.0. The monoisotopic (exact) mass is 740 g/mol. The van der Waals surface area contributed by atoms with E-state index in [2.05, 4.69) is 6.58 Å². The molecule has 1 atom stereocenters. The van der Waals surface area contributed by atoms with Crippen LogP contribution in [0.5, 0.6) is 17.2 Å². The number of nitro benzene ring substituents is 1. The molecular formula is C39H46ClFN2O9. The van der Waals surface area contributed by atoms with Gasteiger partial charge in [0.2, 0.25) is 5.75 Å². The third-order valence-corrected chi connectivity index (χ3v) is 8.24. The lowest BCUT2D eigenvalue weighted by atomic mass is 10.0. The van der Waals surface area contributed by atoms with Gasteiger partial charge in [-0.25, -0.2) is 18.8 Å². The van der Waals surface area contributed by atoms with Crippen molar-refractivity contribution in [3.05, 3.63) is 88.0 Å². The van der Waals surface area contributed by atoms with Crippen LogP contribution in [0.15, 0.2) is 72.3 Å². The molecule has 0 aromatic heterocycles. The van der Waals surface area contributed by atoms with Gasteiger partial charge in [-0.05, 0) is 61.2 Å². The molecule has 3 rings (SSSR count). The molecule has 0 fully saturated rings. The maximum atomic E-state index is 14.1. The molecule has 0 amide bonds. The van der Waals surface area contributed by atoms with Gasteiger partial charge in [0.1, 0.15) is 16.5 Å². The molecule has 0 heterocycles. The van der Waals surface area contributed by atoms with Crippen LogP contribution in [-0.2, 0) is 14.3 Å². The van der Waals surface area contributed by atoms with E-state index in [9.17, 15) is 28.9 Å². The fourth-order valence-corrected chi connectivity index (χ4v) is 5.22. The highest BCUT2D eigenvalue weighted by Crippen LogP contribution is 2.38. The molecule has 13 heteroatoms. The normalized spacial score (nSPS) is 11.4. The minimum absolute atomic E-state index is 0.0475. The molecule has 3 aromatic carbocycles. The number of carbonyl (C=O) groups is 3. The highest BCUT2D eigenvalue weighted by molar-refractivity contribution is 6.40. The van der Waals surface area contributed by atoms with Crippen LogP contribution in [0.25, 0.3) is 11.1 Å². The summed E-state index contributed by atoms with van der Waals surface area (Å²) in [7, 11) is 0. The molecule has 0 unspecified atom stereocenters. The smallest absolute Gasteiger partial charge is 0.349 e. The fourth-order valence-electron chi connectivity index (χ4n) is 5.16. The molecule has 0 saturated carbocycles. The summed E-state index contributed by atoms with van der Waals surface area (Å²) in [6.45, 7) is 6.13. The second-order valence-electron chi connectivity index (χ2n) is 12.2. The molecule has 11 nitrogen and oxygen atoms in total. The molecule has 0 aliphatic heterocycles. The van der Waals surface area contributed by atoms with E-state index in [-0.39, 0.29) is 28.3 Å². The van der Waals surface area contributed by atoms with Crippen molar-refractivity contribution in [3.8, 4) is 28.4 Å². The minimum Gasteiger partial charge on any atom is -0.494 e. The van der Waals surface area contributed by atoms with Crippen molar-refractivity contribution < 1.29 is 42.6 Å². The van der Waals surface area contributed by atoms with Crippen molar-refractivity contribution in [1.82, 2.24) is 0 Å². The highest BCUT2D eigenvalue weighted by Gasteiger charge is 2.26. The van der Waals surface area contributed by atoms with Crippen LogP contribution < -0.4 is 19.9 Å². The lowest BCUT2D eigenvalue weighted by Gasteiger charge is -2.12. The van der Waals surface area contributed by atoms with Crippen molar-refractivity contribution in [1.29, 1.82) is 0 Å². The molecule has 280 valence electrons. The topological polar surface area (TPSA) is 157 Å². The Bertz CT molecular complexity index is 1650. The van der Waals surface area contributed by atoms with Gasteiger partial charge in [-0.3, -0.25) is 10.1 Å². The van der Waals surface area contributed by atoms with Crippen LogP contribution in [0, 0.1) is 10.1 Å². The van der Waals surface area contributed by atoms with E-state index in [0.717, 1.165) is 63.5 Å². The number of nitro groups is 1. The van der Waals surface area contributed by atoms with Crippen molar-refractivity contribution in [2.24, 2.45) is 0 Å². The summed E-state index contributed by atoms with van der Waals surface area (Å²) in [5.41, 5.74) is 6.62. The van der Waals surface area contributed by atoms with Crippen LogP contribution in [0.2, 0.25) is 0 Å². The number of nitrogens with two attached hydrogens (primary N) is 1. The van der Waals surface area contributed by atoms with Gasteiger partial charge in [-0.15, -0.1) is 0 Å². The number of alkyl halides is 1. The molecular weight excluding hydrogens is 695 g/mol. The quantitative estimate of drug-likeness (QED) is 0.0189. The van der Waals surface area contributed by atoms with E-state index < -0.39 is 40.4 Å². The number of carbonyl (C=O) groups excluding carboxylic acids is 3. The molecule has 0 saturated heterocycles. The van der Waals surface area contributed by atoms with Crippen molar-refractivity contribution in [2.75, 3.05) is 18.9 Å². The number of halogens is 2. The van der Waals surface area contributed by atoms with Crippen LogP contribution in [0.3, 0.4) is 0 Å². The van der Waals surface area contributed by atoms with Crippen molar-refractivity contribution in [2.45, 2.75) is 90.1 Å². The van der Waals surface area contributed by atoms with Crippen molar-refractivity contribution >= 4 is 40.9 Å². The number of rotatable bonds is 23. The molecule has 0 spiro atoms. The Kier molecular flexibility index (Phi) is 17.6. The van der Waals surface area contributed by atoms with Gasteiger partial charge < -0.3 is 24.7 Å². The Morgan fingerprint density at radius 1 is 0.846 bits per heavy atom. The molecule has 2 N–H and O–H groups in total. The molecule has 0 bridgehead atoms. The summed E-state index contributed by atoms with van der Waals surface area (Å²) in [6.07, 6.45) is 8.73. The maximum absolute atomic E-state index is 14.1. The van der Waals surface area contributed by atoms with Crippen LogP contribution >= 0.6 is 11.6 Å². The number of benzene rings is 3. The number of hydrogen-bond acceptors (Lipinski definition) is 10. The van der Waals surface area contributed by atoms with E-state index in [1.54, 1.807) is 36.4 Å². The number of anilines is 1. The predicted octanol–water partition coefficient (Wildman–Crippen LogP) is 9.68. The second-order valence-corrected chi connectivity index (χ2v) is 12.7. The van der Waals surface area contributed by atoms with Gasteiger partial charge in [0.05, 0.1) is 23.7 Å². The third-order valence-electron chi connectivity index (χ3n) is 8.08. The van der Waals surface area contributed by atoms with Gasteiger partial charge in [0.25, 0.3) is 0 Å². The Balaban J connectivity index is 1.40. The number of nitrogen functional groups attached to an aromatic ring is 1. The summed E-state index contributed by atoms with van der Waals surface area (Å²) < 4.78 is 35.4. The average molecular weight is 741 g/mol. The zero-order chi connectivity index (χ0) is 37.9. The number of nitrogens with zero attached hydrogens (tertiary/aromatic N) is 1. The molecule has 0 radical (unpaired) electrons. The summed E-state index contributed by atoms with van der Waals surface area (Å²) in [4.78, 5) is 47.1. The lowest BCUT2D eigenvalue weighted by molar-refractivity contribution is -0.385. The SMILES string of the molecule is C=C(Cl)C(=O)OCCCCCCCCCCCOc1ccc(OC(=O)c2ccc(-c3cc([N+](=O)[O-])c(OC(=O)[C@H](F)CCCC)cc3N)cc2)cc1. The molecule has 52 heavy (non-hydrogen) atoms. The summed E-state index contributed by atoms with van der Waals surface area (Å²) in [6, 6.07) is 15.1.